The number of nitrogens with zero attached hydrogens (tertiary/aromatic N) is 3. The Bertz CT molecular complexity index is 4300. The third-order valence-corrected chi connectivity index (χ3v) is 18.5. The summed E-state index contributed by atoms with van der Waals surface area (Å²) >= 11 is 0. The topological polar surface area (TPSA) is 709 Å². The number of guanidine groups is 3. The first-order chi connectivity index (χ1) is 55.4. The number of rotatable bonds is 51. The molecular weight excluding hydrogens is 1530 g/mol. The van der Waals surface area contributed by atoms with Gasteiger partial charge in [0.05, 0.1) is 42.2 Å². The van der Waals surface area contributed by atoms with E-state index in [1.54, 1.807) is 19.9 Å². The van der Waals surface area contributed by atoms with Crippen LogP contribution in [-0.2, 0) is 75.3 Å². The van der Waals surface area contributed by atoms with E-state index in [9.17, 15) is 78.1 Å². The molecule has 0 saturated carbocycles. The van der Waals surface area contributed by atoms with Gasteiger partial charge in [0.25, 0.3) is 17.3 Å². The molecule has 10 amide bonds. The molecule has 0 aliphatic carbocycles. The molecule has 9 atom stereocenters. The molecule has 4 aromatic rings. The number of primary amides is 1. The zero-order valence-corrected chi connectivity index (χ0v) is 65.2. The van der Waals surface area contributed by atoms with Crippen LogP contribution in [0.25, 0.3) is 11.0 Å². The molecule has 44 heteroatoms. The van der Waals surface area contributed by atoms with Crippen molar-refractivity contribution < 1.29 is 86.4 Å². The molecule has 26 N–H and O–H groups in total. The number of carboxylic acids is 1. The highest BCUT2D eigenvalue weighted by molar-refractivity contribution is 6.15. The minimum Gasteiger partial charge on any atom is -0.497 e. The van der Waals surface area contributed by atoms with Crippen LogP contribution in [-0.4, -0.2) is 215 Å². The maximum absolute atomic E-state index is 15.8. The Morgan fingerprint density at radius 1 is 0.667 bits per heavy atom. The van der Waals surface area contributed by atoms with Gasteiger partial charge in [-0.3, -0.25) is 94.0 Å². The lowest BCUT2D eigenvalue weighted by atomic mass is 9.82. The number of aliphatic carboxylic acids is 1. The van der Waals surface area contributed by atoms with Crippen LogP contribution in [0.15, 0.2) is 82.0 Å². The van der Waals surface area contributed by atoms with E-state index in [2.05, 4.69) is 63.8 Å². The van der Waals surface area contributed by atoms with Crippen LogP contribution in [0.2, 0.25) is 0 Å². The molecular formula is C73H105N23O21. The van der Waals surface area contributed by atoms with Gasteiger partial charge in [0.1, 0.15) is 59.3 Å². The minimum atomic E-state index is -2.56. The Hall–Kier alpha value is -13.2. The predicted octanol–water partition coefficient (Wildman–Crippen LogP) is -2.37. The van der Waals surface area contributed by atoms with Crippen LogP contribution in [0, 0.1) is 42.4 Å². The van der Waals surface area contributed by atoms with Crippen LogP contribution >= 0.6 is 0 Å². The second kappa shape index (κ2) is 46.9. The largest absolute Gasteiger partial charge is 0.497 e. The Morgan fingerprint density at radius 3 is 1.89 bits per heavy atom. The van der Waals surface area contributed by atoms with E-state index in [4.69, 9.17) is 58.8 Å². The van der Waals surface area contributed by atoms with Gasteiger partial charge in [-0.05, 0) is 126 Å². The Balaban J connectivity index is 1.42. The van der Waals surface area contributed by atoms with Crippen LogP contribution < -0.4 is 103 Å². The average molecular weight is 1640 g/mol. The van der Waals surface area contributed by atoms with Gasteiger partial charge in [-0.15, -0.1) is 0 Å². The number of ether oxygens (including phenoxy) is 2. The fourth-order valence-electron chi connectivity index (χ4n) is 12.5. The van der Waals surface area contributed by atoms with Crippen molar-refractivity contribution >= 4 is 117 Å². The van der Waals surface area contributed by atoms with Crippen molar-refractivity contribution in [2.45, 2.75) is 178 Å². The highest BCUT2D eigenvalue weighted by atomic mass is 16.6. The third kappa shape index (κ3) is 30.9. The van der Waals surface area contributed by atoms with Crippen molar-refractivity contribution in [1.29, 1.82) is 16.2 Å². The van der Waals surface area contributed by atoms with Gasteiger partial charge in [0.15, 0.2) is 29.2 Å². The fourth-order valence-corrected chi connectivity index (χ4v) is 12.5. The lowest BCUT2D eigenvalue weighted by molar-refractivity contribution is -0.393. The number of carbonyl (C=O) groups excluding carboxylic acids is 11. The molecule has 0 bridgehead atoms. The molecule has 1 fully saturated rings. The highest BCUT2D eigenvalue weighted by Crippen LogP contribution is 2.32. The zero-order chi connectivity index (χ0) is 86.6. The summed E-state index contributed by atoms with van der Waals surface area (Å²) in [6.45, 7) is 3.12. The molecule has 3 aromatic carbocycles. The van der Waals surface area contributed by atoms with Crippen LogP contribution in [0.1, 0.15) is 122 Å². The van der Waals surface area contributed by atoms with Crippen molar-refractivity contribution in [2.75, 3.05) is 58.3 Å². The number of hydrogen-bond acceptors (Lipinski definition) is 25. The summed E-state index contributed by atoms with van der Waals surface area (Å²) in [5.41, 5.74) is 24.1. The van der Waals surface area contributed by atoms with Crippen LogP contribution in [0.4, 0.5) is 17.1 Å². The van der Waals surface area contributed by atoms with E-state index in [0.717, 1.165) is 35.6 Å². The van der Waals surface area contributed by atoms with Gasteiger partial charge in [0.2, 0.25) is 53.2 Å². The molecule has 2 heterocycles. The number of carbonyl (C=O) groups is 12. The highest BCUT2D eigenvalue weighted by Gasteiger charge is 2.52. The first-order valence-corrected chi connectivity index (χ1v) is 37.6. The number of non-ortho nitro benzene ring substituents is 1. The SMILES string of the molecule is COc1ccc2c(CC(=O)[C@@](CCCNC(=N)N)(NC(=O)[C@@H](N)CCCCOCc3ccccc3)C(=O)N3CCC[C@H]3C(=O)N[C@@H](CC(C)C)C(=O)NCC(=O)N[C@@H](CNc3ccc([N+](=O)[O-])cc3[N+](=O)[O-])C(=O)N[C@@H](C)C(=O)N[C@@H](CCCNC(=N)N)C(=O)N[C@@H](CCC(=O)O)C(=O)N[C@@H](CCCNC(=N)N)C(N)=O)cc(=O)oc2c1. The summed E-state index contributed by atoms with van der Waals surface area (Å²) < 4.78 is 16.6. The summed E-state index contributed by atoms with van der Waals surface area (Å²) in [5, 5.41) is 86.3. The Morgan fingerprint density at radius 2 is 1.28 bits per heavy atom. The average Bonchev–Trinajstić information content (AvgIpc) is 1.77. The number of nitro groups is 2. The fraction of sp³-hybridized carbons (Fsp3) is 0.507. The van der Waals surface area contributed by atoms with Crippen LogP contribution in [0.3, 0.4) is 0 Å². The van der Waals surface area contributed by atoms with Crippen LogP contribution in [0.5, 0.6) is 5.75 Å². The van der Waals surface area contributed by atoms with Gasteiger partial charge in [-0.1, -0.05) is 44.2 Å². The number of unbranched alkanes of at least 4 members (excludes halogenated alkanes) is 1. The summed E-state index contributed by atoms with van der Waals surface area (Å²) in [6.07, 6.45) is -1.93. The van der Waals surface area contributed by atoms with E-state index in [1.165, 1.54) is 19.2 Å². The van der Waals surface area contributed by atoms with Crippen molar-refractivity contribution in [3.63, 3.8) is 0 Å². The van der Waals surface area contributed by atoms with Gasteiger partial charge < -0.3 is 116 Å². The predicted molar refractivity (Wildman–Crippen MR) is 423 cm³/mol. The van der Waals surface area contributed by atoms with E-state index < -0.39 is 208 Å². The number of nitro benzene ring substituents is 2. The number of amides is 10. The number of carboxylic acid groups (broad SMARTS) is 1. The van der Waals surface area contributed by atoms with E-state index in [0.29, 0.717) is 37.9 Å². The van der Waals surface area contributed by atoms with Crippen molar-refractivity contribution in [3.05, 3.63) is 115 Å². The van der Waals surface area contributed by atoms with E-state index in [1.807, 2.05) is 30.3 Å². The van der Waals surface area contributed by atoms with Gasteiger partial charge in [-0.2, -0.15) is 0 Å². The molecule has 1 aliphatic heterocycles. The number of likely N-dealkylation sites (tertiary alicyclic amines) is 1. The molecule has 1 saturated heterocycles. The van der Waals surface area contributed by atoms with Crippen molar-refractivity contribution in [3.8, 4) is 5.75 Å². The number of Topliss-reactive ketones (excluding diaryl/α,β-unsaturated/α-hetero) is 1. The number of anilines is 1. The quantitative estimate of drug-likeness (QED) is 0.00418. The normalized spacial score (nSPS) is 14.6. The zero-order valence-electron chi connectivity index (χ0n) is 65.2. The minimum absolute atomic E-state index is 0.0180. The van der Waals surface area contributed by atoms with Crippen molar-refractivity contribution in [1.82, 2.24) is 63.4 Å². The molecule has 0 unspecified atom stereocenters. The van der Waals surface area contributed by atoms with Crippen molar-refractivity contribution in [2.24, 2.45) is 34.6 Å². The standard InChI is InChI=1S/C73H105N23O21/c1-40(2)32-52(92-68(109)54-19-12-30-94(54)69(110)73(26-13-29-84-72(80)81,57(97)33-43-34-60(101)117-56-36-45(115-4)21-22-46(43)56)93-63(104)47(74)16-8-9-31-116-39-42-14-6-5-7-15-42)64(105)86-38-58(98)88-53(37-85-48-23-20-44(95(111)112)35-55(48)96(113)114)67(108)87-41(3)62(103)90-50(18-11-28-83-71(78)79)65(106)91-51(24-25-59(99)100)66(107)89-49(61(75)102)17-10-27-82-70(76)77/h5-7,14-15,20-23,34-36,40-41,47,49-54,85H,8-13,16-19,24-33,37-39,74H2,1-4H3,(H2,75,102)(H,86,105)(H,87,108)(H,88,98)(H,89,107)(H,90,103)(H,91,106)(H,92,109)(H,93,104)(H,99,100)(H4,76,77,82)(H4,78,79,83)(H4,80,81,84)/t41-,47-,49-,50-,51-,52-,53-,54-,73+/m0/s1. The lowest BCUT2D eigenvalue weighted by Gasteiger charge is -2.38. The monoisotopic (exact) mass is 1640 g/mol. The Labute approximate surface area is 671 Å². The number of nitrogens with one attached hydrogen (secondary N) is 15. The Kier molecular flexibility index (Phi) is 37.8. The van der Waals surface area contributed by atoms with E-state index >= 15 is 9.59 Å². The second-order valence-corrected chi connectivity index (χ2v) is 28.0. The van der Waals surface area contributed by atoms with E-state index in [-0.39, 0.29) is 112 Å². The number of benzene rings is 3. The molecule has 1 aromatic heterocycles. The number of hydrogen-bond donors (Lipinski definition) is 21. The smallest absolute Gasteiger partial charge is 0.336 e. The summed E-state index contributed by atoms with van der Waals surface area (Å²) in [4.78, 5) is 206. The lowest BCUT2D eigenvalue weighted by Crippen LogP contribution is -2.68. The third-order valence-electron chi connectivity index (χ3n) is 18.5. The molecule has 638 valence electrons. The number of nitrogens with two attached hydrogens (primary N) is 5. The van der Waals surface area contributed by atoms with Gasteiger partial charge >= 0.3 is 11.6 Å². The number of ketones is 1. The first kappa shape index (κ1) is 94.4. The number of methoxy groups -OCH3 is 1. The first-order valence-electron chi connectivity index (χ1n) is 37.6. The molecule has 5 rings (SSSR count). The maximum Gasteiger partial charge on any atom is 0.336 e. The number of fused-ring (bicyclic) bond motifs is 1. The second-order valence-electron chi connectivity index (χ2n) is 28.0. The molecule has 44 nitrogen and oxygen atoms in total. The van der Waals surface area contributed by atoms with Gasteiger partial charge in [-0.25, -0.2) is 4.79 Å². The maximum atomic E-state index is 15.8. The van der Waals surface area contributed by atoms with Gasteiger partial charge in [0, 0.05) is 75.8 Å². The molecule has 1 aliphatic rings. The molecule has 0 spiro atoms. The summed E-state index contributed by atoms with van der Waals surface area (Å²) in [5.74, 6) is -14.3. The summed E-state index contributed by atoms with van der Waals surface area (Å²) in [7, 11) is 1.38. The summed E-state index contributed by atoms with van der Waals surface area (Å²) in [6, 6.07) is 4.92. The molecule has 117 heavy (non-hydrogen) atoms. The molecule has 0 radical (unpaired) electrons.